The Morgan fingerprint density at radius 3 is 2.78 bits per heavy atom. The summed E-state index contributed by atoms with van der Waals surface area (Å²) in [6.45, 7) is 2.44. The standard InChI is InChI=1S/C16H17FN2O3S/c1-12-4-2-7-16(18-12)22-14-8-9-19(11-14)23(20,21)15-6-3-5-13(17)10-15/h2-7,10,14H,8-9,11H2,1H3. The highest BCUT2D eigenvalue weighted by atomic mass is 32.2. The molecule has 1 unspecified atom stereocenters. The van der Waals surface area contributed by atoms with E-state index in [4.69, 9.17) is 4.74 Å². The fourth-order valence-electron chi connectivity index (χ4n) is 2.54. The first-order chi connectivity index (χ1) is 10.9. The number of nitrogens with zero attached hydrogens (tertiary/aromatic N) is 2. The van der Waals surface area contributed by atoms with E-state index < -0.39 is 15.8 Å². The molecule has 3 rings (SSSR count). The molecule has 1 atom stereocenters. The van der Waals surface area contributed by atoms with Crippen molar-refractivity contribution in [2.24, 2.45) is 0 Å². The number of pyridine rings is 1. The quantitative estimate of drug-likeness (QED) is 0.860. The van der Waals surface area contributed by atoms with E-state index in [-0.39, 0.29) is 17.5 Å². The maximum Gasteiger partial charge on any atom is 0.243 e. The molecule has 5 nitrogen and oxygen atoms in total. The van der Waals surface area contributed by atoms with Gasteiger partial charge in [0.05, 0.1) is 11.4 Å². The smallest absolute Gasteiger partial charge is 0.243 e. The molecule has 0 bridgehead atoms. The molecule has 0 spiro atoms. The van der Waals surface area contributed by atoms with Crippen LogP contribution in [-0.2, 0) is 10.0 Å². The van der Waals surface area contributed by atoms with Gasteiger partial charge in [0.1, 0.15) is 11.9 Å². The third-order valence-corrected chi connectivity index (χ3v) is 5.55. The van der Waals surface area contributed by atoms with Gasteiger partial charge in [0.2, 0.25) is 15.9 Å². The average Bonchev–Trinajstić information content (AvgIpc) is 2.96. The van der Waals surface area contributed by atoms with Crippen molar-refractivity contribution in [1.82, 2.24) is 9.29 Å². The summed E-state index contributed by atoms with van der Waals surface area (Å²) >= 11 is 0. The zero-order valence-corrected chi connectivity index (χ0v) is 13.5. The third-order valence-electron chi connectivity index (χ3n) is 3.69. The molecule has 0 radical (unpaired) electrons. The number of hydrogen-bond acceptors (Lipinski definition) is 4. The molecule has 2 aromatic rings. The van der Waals surface area contributed by atoms with E-state index in [1.165, 1.54) is 22.5 Å². The highest BCUT2D eigenvalue weighted by Gasteiger charge is 2.34. The molecule has 1 aliphatic rings. The fourth-order valence-corrected chi connectivity index (χ4v) is 4.06. The Hall–Kier alpha value is -1.99. The molecule has 0 N–H and O–H groups in total. The molecule has 1 aromatic carbocycles. The van der Waals surface area contributed by atoms with Crippen molar-refractivity contribution in [3.63, 3.8) is 0 Å². The first-order valence-electron chi connectivity index (χ1n) is 7.31. The Bertz CT molecular complexity index is 810. The lowest BCUT2D eigenvalue weighted by Crippen LogP contribution is -2.31. The third kappa shape index (κ3) is 3.51. The normalized spacial score (nSPS) is 19.0. The topological polar surface area (TPSA) is 59.5 Å². The van der Waals surface area contributed by atoms with Crippen molar-refractivity contribution in [3.05, 3.63) is 54.0 Å². The second kappa shape index (κ2) is 6.25. The van der Waals surface area contributed by atoms with Crippen LogP contribution in [0, 0.1) is 12.7 Å². The number of sulfonamides is 1. The second-order valence-corrected chi connectivity index (χ2v) is 7.40. The lowest BCUT2D eigenvalue weighted by molar-refractivity contribution is 0.206. The van der Waals surface area contributed by atoms with E-state index in [0.29, 0.717) is 18.8 Å². The summed E-state index contributed by atoms with van der Waals surface area (Å²) in [5.74, 6) is -0.0814. The van der Waals surface area contributed by atoms with Gasteiger partial charge >= 0.3 is 0 Å². The molecule has 0 saturated carbocycles. The van der Waals surface area contributed by atoms with Gasteiger partial charge in [-0.25, -0.2) is 17.8 Å². The molecule has 0 aliphatic carbocycles. The van der Waals surface area contributed by atoms with Crippen molar-refractivity contribution in [1.29, 1.82) is 0 Å². The van der Waals surface area contributed by atoms with E-state index in [9.17, 15) is 12.8 Å². The Kier molecular flexibility index (Phi) is 4.32. The molecule has 1 aromatic heterocycles. The van der Waals surface area contributed by atoms with Crippen LogP contribution in [0.25, 0.3) is 0 Å². The van der Waals surface area contributed by atoms with Crippen molar-refractivity contribution in [3.8, 4) is 5.88 Å². The SMILES string of the molecule is Cc1cccc(OC2CCN(S(=O)(=O)c3cccc(F)c3)C2)n1. The minimum Gasteiger partial charge on any atom is -0.473 e. The Labute approximate surface area is 134 Å². The highest BCUT2D eigenvalue weighted by molar-refractivity contribution is 7.89. The molecule has 122 valence electrons. The van der Waals surface area contributed by atoms with E-state index in [1.807, 2.05) is 19.1 Å². The van der Waals surface area contributed by atoms with E-state index in [2.05, 4.69) is 4.98 Å². The first-order valence-corrected chi connectivity index (χ1v) is 8.75. The Morgan fingerprint density at radius 1 is 1.26 bits per heavy atom. The van der Waals surface area contributed by atoms with Crippen LogP contribution in [0.2, 0.25) is 0 Å². The van der Waals surface area contributed by atoms with Crippen LogP contribution in [0.4, 0.5) is 4.39 Å². The Balaban J connectivity index is 1.72. The molecule has 1 fully saturated rings. The monoisotopic (exact) mass is 336 g/mol. The summed E-state index contributed by atoms with van der Waals surface area (Å²) < 4.78 is 45.4. The Morgan fingerprint density at radius 2 is 2.04 bits per heavy atom. The number of ether oxygens (including phenoxy) is 1. The number of aromatic nitrogens is 1. The summed E-state index contributed by atoms with van der Waals surface area (Å²) in [5, 5.41) is 0. The number of hydrogen-bond donors (Lipinski definition) is 0. The maximum atomic E-state index is 13.3. The first kappa shape index (κ1) is 15.9. The summed E-state index contributed by atoms with van der Waals surface area (Å²) in [6, 6.07) is 10.5. The van der Waals surface area contributed by atoms with Crippen LogP contribution in [0.15, 0.2) is 47.4 Å². The van der Waals surface area contributed by atoms with Gasteiger partial charge in [0, 0.05) is 18.3 Å². The molecule has 1 aliphatic heterocycles. The number of halogens is 1. The van der Waals surface area contributed by atoms with Gasteiger partial charge in [0.15, 0.2) is 0 Å². The molecule has 23 heavy (non-hydrogen) atoms. The number of aryl methyl sites for hydroxylation is 1. The van der Waals surface area contributed by atoms with Gasteiger partial charge in [0.25, 0.3) is 0 Å². The fraction of sp³-hybridized carbons (Fsp3) is 0.312. The van der Waals surface area contributed by atoms with Crippen LogP contribution >= 0.6 is 0 Å². The predicted octanol–water partition coefficient (Wildman–Crippen LogP) is 2.37. The van der Waals surface area contributed by atoms with Gasteiger partial charge in [-0.2, -0.15) is 4.31 Å². The number of rotatable bonds is 4. The summed E-state index contributed by atoms with van der Waals surface area (Å²) in [4.78, 5) is 4.22. The molecule has 7 heteroatoms. The minimum atomic E-state index is -3.70. The maximum absolute atomic E-state index is 13.3. The summed E-state index contributed by atoms with van der Waals surface area (Å²) in [7, 11) is -3.70. The lowest BCUT2D eigenvalue weighted by Gasteiger charge is -2.17. The minimum absolute atomic E-state index is 0.0353. The zero-order valence-electron chi connectivity index (χ0n) is 12.6. The number of benzene rings is 1. The highest BCUT2D eigenvalue weighted by Crippen LogP contribution is 2.24. The largest absolute Gasteiger partial charge is 0.473 e. The van der Waals surface area contributed by atoms with Gasteiger partial charge in [-0.15, -0.1) is 0 Å². The van der Waals surface area contributed by atoms with Gasteiger partial charge in [-0.05, 0) is 37.6 Å². The molecule has 2 heterocycles. The molecule has 0 amide bonds. The van der Waals surface area contributed by atoms with Crippen molar-refractivity contribution in [2.75, 3.05) is 13.1 Å². The van der Waals surface area contributed by atoms with E-state index in [0.717, 1.165) is 11.8 Å². The predicted molar refractivity (Wildman–Crippen MR) is 83.2 cm³/mol. The van der Waals surface area contributed by atoms with Crippen molar-refractivity contribution >= 4 is 10.0 Å². The van der Waals surface area contributed by atoms with Crippen molar-refractivity contribution in [2.45, 2.75) is 24.3 Å². The molecule has 1 saturated heterocycles. The molecular formula is C16H17FN2O3S. The van der Waals surface area contributed by atoms with Crippen LogP contribution in [0.3, 0.4) is 0 Å². The average molecular weight is 336 g/mol. The van der Waals surface area contributed by atoms with Crippen LogP contribution < -0.4 is 4.74 Å². The van der Waals surface area contributed by atoms with Crippen LogP contribution in [0.1, 0.15) is 12.1 Å². The summed E-state index contributed by atoms with van der Waals surface area (Å²) in [6.07, 6.45) is 0.317. The van der Waals surface area contributed by atoms with Crippen molar-refractivity contribution < 1.29 is 17.5 Å². The van der Waals surface area contributed by atoms with E-state index >= 15 is 0 Å². The van der Waals surface area contributed by atoms with Gasteiger partial charge < -0.3 is 4.74 Å². The molecular weight excluding hydrogens is 319 g/mol. The second-order valence-electron chi connectivity index (χ2n) is 5.47. The van der Waals surface area contributed by atoms with E-state index in [1.54, 1.807) is 6.07 Å². The van der Waals surface area contributed by atoms with Gasteiger partial charge in [-0.3, -0.25) is 0 Å². The van der Waals surface area contributed by atoms with Gasteiger partial charge in [-0.1, -0.05) is 12.1 Å². The van der Waals surface area contributed by atoms with Crippen LogP contribution in [-0.4, -0.2) is 36.9 Å². The summed E-state index contributed by atoms with van der Waals surface area (Å²) in [5.41, 5.74) is 0.838. The lowest BCUT2D eigenvalue weighted by atomic mass is 10.3. The van der Waals surface area contributed by atoms with Crippen LogP contribution in [0.5, 0.6) is 5.88 Å². The zero-order chi connectivity index (χ0) is 16.4.